The van der Waals surface area contributed by atoms with E-state index >= 15 is 0 Å². The second-order valence-corrected chi connectivity index (χ2v) is 1.61. The molecule has 0 saturated carbocycles. The highest BCUT2D eigenvalue weighted by Crippen LogP contribution is 1.81. The fourth-order valence-electron chi connectivity index (χ4n) is 0.391. The predicted octanol–water partition coefficient (Wildman–Crippen LogP) is 1.80. The zero-order valence-electron chi connectivity index (χ0n) is 7.15. The van der Waals surface area contributed by atoms with Crippen molar-refractivity contribution < 1.29 is 10.2 Å². The van der Waals surface area contributed by atoms with Crippen molar-refractivity contribution in [3.8, 4) is 0 Å². The summed E-state index contributed by atoms with van der Waals surface area (Å²) in [5, 5.41) is 0. The summed E-state index contributed by atoms with van der Waals surface area (Å²) in [5.74, 6) is 0. The lowest BCUT2D eigenvalue weighted by Gasteiger charge is -1.95. The van der Waals surface area contributed by atoms with E-state index in [9.17, 15) is 0 Å². The van der Waals surface area contributed by atoms with E-state index in [1.807, 2.05) is 0 Å². The van der Waals surface area contributed by atoms with Gasteiger partial charge in [-0.05, 0) is 12.8 Å². The van der Waals surface area contributed by atoms with Gasteiger partial charge in [0.05, 0.1) is 0 Å². The predicted molar refractivity (Wildman–Crippen MR) is 46.3 cm³/mol. The summed E-state index contributed by atoms with van der Waals surface area (Å²) in [4.78, 5) is 0. The molecule has 0 heterocycles. The Morgan fingerprint density at radius 2 is 1.30 bits per heavy atom. The summed E-state index contributed by atoms with van der Waals surface area (Å²) in [7, 11) is 0. The van der Waals surface area contributed by atoms with E-state index in [0.717, 1.165) is 26.1 Å². The Bertz CT molecular complexity index is 34.2. The molecule has 0 aromatic rings. The first-order valence-electron chi connectivity index (χ1n) is 3.49. The minimum Gasteiger partial charge on any atom is -0.412 e. The van der Waals surface area contributed by atoms with Crippen LogP contribution < -0.4 is 0 Å². The smallest absolute Gasteiger partial charge is 0.0463 e. The van der Waals surface area contributed by atoms with Crippen LogP contribution in [0.3, 0.4) is 0 Å². The molecule has 64 valence electrons. The van der Waals surface area contributed by atoms with Gasteiger partial charge in [0.15, 0.2) is 0 Å². The van der Waals surface area contributed by atoms with Gasteiger partial charge in [-0.1, -0.05) is 13.8 Å². The van der Waals surface area contributed by atoms with Gasteiger partial charge in [-0.2, -0.15) is 0 Å². The molecule has 0 atom stereocenters. The van der Waals surface area contributed by atoms with Crippen molar-refractivity contribution in [3.63, 3.8) is 0 Å². The lowest BCUT2D eigenvalue weighted by molar-refractivity contribution is 0.135. The summed E-state index contributed by atoms with van der Waals surface area (Å²) < 4.78 is 5.13. The van der Waals surface area contributed by atoms with E-state index in [2.05, 4.69) is 27.0 Å². The van der Waals surface area contributed by atoms with Crippen molar-refractivity contribution in [2.45, 2.75) is 26.7 Å². The van der Waals surface area contributed by atoms with Crippen LogP contribution in [-0.2, 0) is 4.74 Å². The molecule has 10 heavy (non-hydrogen) atoms. The van der Waals surface area contributed by atoms with E-state index in [4.69, 9.17) is 4.74 Å². The number of hydrogen-bond acceptors (Lipinski definition) is 1. The average molecular weight is 148 g/mol. The SMILES string of the molecule is C=C.CCCOCCC.O. The Kier molecular flexibility index (Phi) is 38.2. The zero-order valence-corrected chi connectivity index (χ0v) is 7.15. The molecule has 0 saturated heterocycles. The normalized spacial score (nSPS) is 7.00. The van der Waals surface area contributed by atoms with Crippen LogP contribution in [-0.4, -0.2) is 18.7 Å². The second-order valence-electron chi connectivity index (χ2n) is 1.61. The number of rotatable bonds is 4. The van der Waals surface area contributed by atoms with E-state index in [0.29, 0.717) is 0 Å². The molecule has 2 nitrogen and oxygen atoms in total. The van der Waals surface area contributed by atoms with Crippen molar-refractivity contribution in [2.75, 3.05) is 13.2 Å². The van der Waals surface area contributed by atoms with Gasteiger partial charge in [0, 0.05) is 13.2 Å². The number of hydrogen-bond donors (Lipinski definition) is 0. The summed E-state index contributed by atoms with van der Waals surface area (Å²) in [5.41, 5.74) is 0. The van der Waals surface area contributed by atoms with Crippen LogP contribution in [0.2, 0.25) is 0 Å². The molecule has 0 bridgehead atoms. The fraction of sp³-hybridized carbons (Fsp3) is 0.750. The van der Waals surface area contributed by atoms with Gasteiger partial charge in [-0.3, -0.25) is 0 Å². The van der Waals surface area contributed by atoms with Crippen LogP contribution in [0.15, 0.2) is 13.2 Å². The molecular formula is C8H20O2. The molecule has 0 radical (unpaired) electrons. The van der Waals surface area contributed by atoms with Crippen LogP contribution in [0.4, 0.5) is 0 Å². The Balaban J connectivity index is -0.000000149. The Labute approximate surface area is 64.2 Å². The van der Waals surface area contributed by atoms with Crippen LogP contribution in [0.25, 0.3) is 0 Å². The molecular weight excluding hydrogens is 128 g/mol. The van der Waals surface area contributed by atoms with Gasteiger partial charge < -0.3 is 10.2 Å². The molecule has 0 amide bonds. The zero-order chi connectivity index (χ0) is 7.54. The van der Waals surface area contributed by atoms with Gasteiger partial charge in [0.1, 0.15) is 0 Å². The maximum atomic E-state index is 5.13. The lowest BCUT2D eigenvalue weighted by Crippen LogP contribution is -1.92. The summed E-state index contributed by atoms with van der Waals surface area (Å²) in [6.45, 7) is 12.1. The van der Waals surface area contributed by atoms with Gasteiger partial charge in [-0.15, -0.1) is 13.2 Å². The quantitative estimate of drug-likeness (QED) is 0.442. The largest absolute Gasteiger partial charge is 0.412 e. The summed E-state index contributed by atoms with van der Waals surface area (Å²) in [6.07, 6.45) is 2.28. The standard InChI is InChI=1S/C6H14O.C2H4.H2O/c1-3-5-7-6-4-2;1-2;/h3-6H2,1-2H3;1-2H2;1H2. The highest BCUT2D eigenvalue weighted by Gasteiger charge is 1.77. The molecule has 0 aliphatic heterocycles. The van der Waals surface area contributed by atoms with Gasteiger partial charge >= 0.3 is 0 Å². The van der Waals surface area contributed by atoms with Crippen molar-refractivity contribution in [2.24, 2.45) is 0 Å². The lowest BCUT2D eigenvalue weighted by atomic mass is 10.5. The number of ether oxygens (including phenoxy) is 1. The highest BCUT2D eigenvalue weighted by molar-refractivity contribution is 4.25. The Morgan fingerprint density at radius 3 is 1.50 bits per heavy atom. The minimum atomic E-state index is 0. The van der Waals surface area contributed by atoms with Crippen LogP contribution in [0.5, 0.6) is 0 Å². The monoisotopic (exact) mass is 148 g/mol. The molecule has 0 unspecified atom stereocenters. The molecule has 0 rings (SSSR count). The highest BCUT2D eigenvalue weighted by atomic mass is 16.5. The van der Waals surface area contributed by atoms with Gasteiger partial charge in [0.25, 0.3) is 0 Å². The van der Waals surface area contributed by atoms with Crippen molar-refractivity contribution in [1.82, 2.24) is 0 Å². The van der Waals surface area contributed by atoms with Crippen molar-refractivity contribution >= 4 is 0 Å². The maximum Gasteiger partial charge on any atom is 0.0463 e. The first-order valence-corrected chi connectivity index (χ1v) is 3.49. The third-order valence-corrected chi connectivity index (χ3v) is 0.697. The third kappa shape index (κ3) is 25.4. The van der Waals surface area contributed by atoms with Crippen LogP contribution >= 0.6 is 0 Å². The van der Waals surface area contributed by atoms with Crippen molar-refractivity contribution in [3.05, 3.63) is 13.2 Å². The van der Waals surface area contributed by atoms with E-state index < -0.39 is 0 Å². The molecule has 2 heteroatoms. The van der Waals surface area contributed by atoms with E-state index in [1.165, 1.54) is 0 Å². The van der Waals surface area contributed by atoms with Gasteiger partial charge in [-0.25, -0.2) is 0 Å². The molecule has 0 aliphatic rings. The first-order chi connectivity index (χ1) is 4.41. The van der Waals surface area contributed by atoms with Crippen LogP contribution in [0.1, 0.15) is 26.7 Å². The Hall–Kier alpha value is -0.340. The molecule has 0 spiro atoms. The second kappa shape index (κ2) is 23.4. The molecule has 2 N–H and O–H groups in total. The summed E-state index contributed by atoms with van der Waals surface area (Å²) >= 11 is 0. The minimum absolute atomic E-state index is 0. The molecule has 0 aromatic carbocycles. The maximum absolute atomic E-state index is 5.13. The van der Waals surface area contributed by atoms with E-state index in [1.54, 1.807) is 0 Å². The van der Waals surface area contributed by atoms with Crippen LogP contribution in [0, 0.1) is 0 Å². The molecule has 0 fully saturated rings. The summed E-state index contributed by atoms with van der Waals surface area (Å²) in [6, 6.07) is 0. The van der Waals surface area contributed by atoms with E-state index in [-0.39, 0.29) is 5.48 Å². The topological polar surface area (TPSA) is 40.7 Å². The van der Waals surface area contributed by atoms with Crippen molar-refractivity contribution in [1.29, 1.82) is 0 Å². The molecule has 0 aliphatic carbocycles. The molecule has 0 aromatic heterocycles. The average Bonchev–Trinajstić information content (AvgIpc) is 1.94. The fourth-order valence-corrected chi connectivity index (χ4v) is 0.391. The van der Waals surface area contributed by atoms with Gasteiger partial charge in [0.2, 0.25) is 0 Å². The third-order valence-electron chi connectivity index (χ3n) is 0.697. The first kappa shape index (κ1) is 16.3. The Morgan fingerprint density at radius 1 is 1.00 bits per heavy atom.